The lowest BCUT2D eigenvalue weighted by molar-refractivity contribution is 0.0893. The van der Waals surface area contributed by atoms with Crippen LogP contribution < -0.4 is 10.1 Å². The summed E-state index contributed by atoms with van der Waals surface area (Å²) in [6.45, 7) is 0. The first-order valence-electron chi connectivity index (χ1n) is 6.94. The molecule has 21 heavy (non-hydrogen) atoms. The van der Waals surface area contributed by atoms with Crippen molar-refractivity contribution in [1.29, 1.82) is 0 Å². The fourth-order valence-electron chi connectivity index (χ4n) is 2.80. The molecule has 0 unspecified atom stereocenters. The molecule has 1 aromatic carbocycles. The number of tetrazole rings is 1. The first-order valence-corrected chi connectivity index (χ1v) is 6.94. The molecule has 0 spiro atoms. The van der Waals surface area contributed by atoms with Gasteiger partial charge in [0.15, 0.2) is 5.82 Å². The van der Waals surface area contributed by atoms with Gasteiger partial charge in [-0.2, -0.15) is 5.21 Å². The monoisotopic (exact) mass is 287 g/mol. The molecule has 1 aliphatic rings. The number of amides is 1. The number of methoxy groups -OCH3 is 1. The van der Waals surface area contributed by atoms with Gasteiger partial charge in [-0.1, -0.05) is 24.1 Å². The molecule has 0 saturated heterocycles. The lowest BCUT2D eigenvalue weighted by Crippen LogP contribution is -2.44. The van der Waals surface area contributed by atoms with Crippen LogP contribution in [0.2, 0.25) is 0 Å². The topological polar surface area (TPSA) is 92.8 Å². The zero-order chi connectivity index (χ0) is 14.7. The summed E-state index contributed by atoms with van der Waals surface area (Å²) >= 11 is 0. The largest absolute Gasteiger partial charge is 0.497 e. The third-order valence-corrected chi connectivity index (χ3v) is 3.92. The van der Waals surface area contributed by atoms with E-state index in [1.165, 1.54) is 0 Å². The molecule has 7 nitrogen and oxygen atoms in total. The Morgan fingerprint density at radius 2 is 2.19 bits per heavy atom. The van der Waals surface area contributed by atoms with Crippen LogP contribution in [0.25, 0.3) is 0 Å². The van der Waals surface area contributed by atoms with Gasteiger partial charge in [-0.05, 0) is 31.0 Å². The van der Waals surface area contributed by atoms with Crippen molar-refractivity contribution < 1.29 is 9.53 Å². The molecule has 1 heterocycles. The molecule has 0 atom stereocenters. The molecule has 110 valence electrons. The number of nitrogens with one attached hydrogen (secondary N) is 2. The molecule has 1 fully saturated rings. The number of carbonyl (C=O) groups excluding carboxylic acids is 1. The third kappa shape index (κ3) is 2.58. The van der Waals surface area contributed by atoms with Gasteiger partial charge in [0, 0.05) is 5.56 Å². The number of rotatable bonds is 4. The van der Waals surface area contributed by atoms with E-state index in [1.807, 2.05) is 0 Å². The first-order chi connectivity index (χ1) is 10.2. The predicted octanol–water partition coefficient (Wildman–Crippen LogP) is 1.41. The van der Waals surface area contributed by atoms with Crippen LogP contribution in [0.1, 0.15) is 41.9 Å². The van der Waals surface area contributed by atoms with Crippen LogP contribution in [-0.4, -0.2) is 33.6 Å². The van der Waals surface area contributed by atoms with Crippen LogP contribution >= 0.6 is 0 Å². The van der Waals surface area contributed by atoms with Crippen molar-refractivity contribution in [2.45, 2.75) is 31.2 Å². The van der Waals surface area contributed by atoms with E-state index in [9.17, 15) is 4.79 Å². The highest BCUT2D eigenvalue weighted by molar-refractivity contribution is 5.95. The average Bonchev–Trinajstić information content (AvgIpc) is 3.19. The Labute approximate surface area is 122 Å². The molecule has 3 rings (SSSR count). The lowest BCUT2D eigenvalue weighted by atomic mass is 9.96. The molecular formula is C14H17N5O2. The highest BCUT2D eigenvalue weighted by atomic mass is 16.5. The number of benzene rings is 1. The molecule has 1 aliphatic carbocycles. The molecular weight excluding hydrogens is 270 g/mol. The van der Waals surface area contributed by atoms with E-state index >= 15 is 0 Å². The molecule has 7 heteroatoms. The maximum Gasteiger partial charge on any atom is 0.252 e. The number of aromatic nitrogens is 4. The summed E-state index contributed by atoms with van der Waals surface area (Å²) in [6, 6.07) is 7.08. The fourth-order valence-corrected chi connectivity index (χ4v) is 2.80. The maximum atomic E-state index is 12.5. The molecule has 1 amide bonds. The highest BCUT2D eigenvalue weighted by Gasteiger charge is 2.40. The Morgan fingerprint density at radius 1 is 1.38 bits per heavy atom. The molecule has 0 bridgehead atoms. The highest BCUT2D eigenvalue weighted by Crippen LogP contribution is 2.36. The first kappa shape index (κ1) is 13.5. The molecule has 0 radical (unpaired) electrons. The molecule has 1 aromatic heterocycles. The Kier molecular flexibility index (Phi) is 3.55. The Hall–Kier alpha value is -2.44. The van der Waals surface area contributed by atoms with Crippen LogP contribution in [0.4, 0.5) is 0 Å². The van der Waals surface area contributed by atoms with Gasteiger partial charge in [0.2, 0.25) is 0 Å². The molecule has 2 aromatic rings. The van der Waals surface area contributed by atoms with Gasteiger partial charge >= 0.3 is 0 Å². The minimum Gasteiger partial charge on any atom is -0.497 e. The standard InChI is InChI=1S/C14H17N5O2/c1-21-11-6-4-5-10(9-11)12(20)15-14(7-2-3-8-14)13-16-18-19-17-13/h4-6,9H,2-3,7-8H2,1H3,(H,15,20)(H,16,17,18,19). The van der Waals surface area contributed by atoms with E-state index in [4.69, 9.17) is 4.74 Å². The number of H-pyrrole nitrogens is 1. The van der Waals surface area contributed by atoms with Crippen LogP contribution in [-0.2, 0) is 5.54 Å². The van der Waals surface area contributed by atoms with E-state index in [0.29, 0.717) is 17.1 Å². The van der Waals surface area contributed by atoms with Gasteiger partial charge in [-0.3, -0.25) is 4.79 Å². The van der Waals surface area contributed by atoms with E-state index < -0.39 is 5.54 Å². The summed E-state index contributed by atoms with van der Waals surface area (Å²) < 4.78 is 5.15. The second-order valence-corrected chi connectivity index (χ2v) is 5.21. The predicted molar refractivity (Wildman–Crippen MR) is 74.8 cm³/mol. The molecule has 2 N–H and O–H groups in total. The summed E-state index contributed by atoms with van der Waals surface area (Å²) in [5.74, 6) is 1.06. The minimum absolute atomic E-state index is 0.152. The third-order valence-electron chi connectivity index (χ3n) is 3.92. The second kappa shape index (κ2) is 5.51. The van der Waals surface area contributed by atoms with Gasteiger partial charge < -0.3 is 10.1 Å². The molecule has 0 aliphatic heterocycles. The summed E-state index contributed by atoms with van der Waals surface area (Å²) in [7, 11) is 1.58. The molecule has 1 saturated carbocycles. The van der Waals surface area contributed by atoms with Crippen molar-refractivity contribution in [3.63, 3.8) is 0 Å². The fraction of sp³-hybridized carbons (Fsp3) is 0.429. The summed E-state index contributed by atoms with van der Waals surface area (Å²) in [5.41, 5.74) is 0.0387. The summed E-state index contributed by atoms with van der Waals surface area (Å²) in [4.78, 5) is 12.5. The summed E-state index contributed by atoms with van der Waals surface area (Å²) in [6.07, 6.45) is 3.71. The minimum atomic E-state index is -0.521. The van der Waals surface area contributed by atoms with E-state index in [0.717, 1.165) is 25.7 Å². The van der Waals surface area contributed by atoms with Gasteiger partial charge in [0.1, 0.15) is 11.3 Å². The van der Waals surface area contributed by atoms with Crippen LogP contribution in [0, 0.1) is 0 Å². The van der Waals surface area contributed by atoms with Crippen molar-refractivity contribution in [1.82, 2.24) is 25.9 Å². The maximum absolute atomic E-state index is 12.5. The Bertz CT molecular complexity index is 620. The number of ether oxygens (including phenoxy) is 1. The summed E-state index contributed by atoms with van der Waals surface area (Å²) in [5, 5.41) is 17.3. The number of nitrogens with zero attached hydrogens (tertiary/aromatic N) is 3. The normalized spacial score (nSPS) is 16.6. The number of carbonyl (C=O) groups is 1. The lowest BCUT2D eigenvalue weighted by Gasteiger charge is -2.26. The second-order valence-electron chi connectivity index (χ2n) is 5.21. The number of hydrogen-bond acceptors (Lipinski definition) is 5. The average molecular weight is 287 g/mol. The number of hydrogen-bond donors (Lipinski definition) is 2. The van der Waals surface area contributed by atoms with Crippen molar-refractivity contribution in [2.75, 3.05) is 7.11 Å². The van der Waals surface area contributed by atoms with E-state index in [1.54, 1.807) is 31.4 Å². The zero-order valence-electron chi connectivity index (χ0n) is 11.8. The van der Waals surface area contributed by atoms with Crippen molar-refractivity contribution >= 4 is 5.91 Å². The van der Waals surface area contributed by atoms with Crippen LogP contribution in [0.5, 0.6) is 5.75 Å². The van der Waals surface area contributed by atoms with E-state index in [-0.39, 0.29) is 5.91 Å². The van der Waals surface area contributed by atoms with Crippen molar-refractivity contribution in [3.8, 4) is 5.75 Å². The quantitative estimate of drug-likeness (QED) is 0.886. The van der Waals surface area contributed by atoms with Crippen LogP contribution in [0.3, 0.4) is 0 Å². The van der Waals surface area contributed by atoms with Crippen LogP contribution in [0.15, 0.2) is 24.3 Å². The van der Waals surface area contributed by atoms with Gasteiger partial charge in [-0.25, -0.2) is 0 Å². The van der Waals surface area contributed by atoms with Gasteiger partial charge in [-0.15, -0.1) is 10.2 Å². The van der Waals surface area contributed by atoms with Crippen molar-refractivity contribution in [3.05, 3.63) is 35.7 Å². The van der Waals surface area contributed by atoms with Gasteiger partial charge in [0.25, 0.3) is 5.91 Å². The Morgan fingerprint density at radius 3 is 2.86 bits per heavy atom. The number of aromatic amines is 1. The SMILES string of the molecule is COc1cccc(C(=O)NC2(c3nn[nH]n3)CCCC2)c1. The van der Waals surface area contributed by atoms with Gasteiger partial charge in [0.05, 0.1) is 7.11 Å². The Balaban J connectivity index is 1.84. The van der Waals surface area contributed by atoms with Crippen molar-refractivity contribution in [2.24, 2.45) is 0 Å². The zero-order valence-corrected chi connectivity index (χ0v) is 11.8. The van der Waals surface area contributed by atoms with E-state index in [2.05, 4.69) is 25.9 Å². The smallest absolute Gasteiger partial charge is 0.252 e.